The first-order valence-corrected chi connectivity index (χ1v) is 27.4. The van der Waals surface area contributed by atoms with Gasteiger partial charge in [0.05, 0.1) is 62.5 Å². The average molecular weight is 1140 g/mol. The Morgan fingerprint density at radius 1 is 0.518 bits per heavy atom. The third kappa shape index (κ3) is 14.0. The molecule has 6 aromatic heterocycles. The zero-order valence-corrected chi connectivity index (χ0v) is 47.3. The van der Waals surface area contributed by atoms with Gasteiger partial charge in [-0.3, -0.25) is 23.2 Å². The van der Waals surface area contributed by atoms with E-state index < -0.39 is 5.97 Å². The van der Waals surface area contributed by atoms with Crippen molar-refractivity contribution in [2.24, 2.45) is 0 Å². The van der Waals surface area contributed by atoms with E-state index in [4.69, 9.17) is 21.4 Å². The van der Waals surface area contributed by atoms with E-state index in [9.17, 15) is 24.3 Å². The largest absolute Gasteiger partial charge is 0.478 e. The number of likely N-dealkylation sites (N-methyl/N-ethyl adjacent to an activating group) is 2. The number of hydrogen-bond donors (Lipinski definition) is 8. The normalized spacial score (nSPS) is 13.4. The summed E-state index contributed by atoms with van der Waals surface area (Å²) >= 11 is 0. The van der Waals surface area contributed by atoms with Crippen LogP contribution in [0.15, 0.2) is 158 Å². The Labute approximate surface area is 489 Å². The minimum atomic E-state index is -1.01. The summed E-state index contributed by atoms with van der Waals surface area (Å²) in [6, 6.07) is 38.4. The molecule has 2 aliphatic heterocycles. The molecular formula is C62H64N18O5. The molecule has 2 aliphatic rings. The predicted molar refractivity (Wildman–Crippen MR) is 330 cm³/mol. The van der Waals surface area contributed by atoms with Gasteiger partial charge in [-0.05, 0) is 137 Å². The van der Waals surface area contributed by atoms with Crippen LogP contribution >= 0.6 is 0 Å². The number of fused-ring (bicyclic) bond motifs is 2. The van der Waals surface area contributed by atoms with Gasteiger partial charge in [0.25, 0.3) is 17.7 Å². The highest BCUT2D eigenvalue weighted by Gasteiger charge is 2.23. The monoisotopic (exact) mass is 1140 g/mol. The molecule has 2 fully saturated rings. The molecule has 8 heterocycles. The van der Waals surface area contributed by atoms with Gasteiger partial charge in [0.1, 0.15) is 11.3 Å². The van der Waals surface area contributed by atoms with Crippen molar-refractivity contribution in [2.75, 3.05) is 99.2 Å². The summed E-state index contributed by atoms with van der Waals surface area (Å²) in [5, 5.41) is 24.5. The number of carbonyl (C=O) groups is 4. The van der Waals surface area contributed by atoms with Gasteiger partial charge >= 0.3 is 5.97 Å². The standard InChI is InChI=1S/C31H31N9O2.C26H21N7O3.C5H12N2/c1-20-28(40-14-12-22(19-27(40)34-20)30(42)39-17-15-38(2)16-18-39)26-11-13-33-31(37-26)35-23-9-7-21(8-10-23)29(41)36-25-6-4-3-5-24(25)32;1-15-23(33-13-11-17(25(35)36)14-22(33)29-15)21-10-12-28-26(32-21)30-18-8-6-16(7-9-18)24(34)31-20-5-3-2-4-19(20)27;1-7-4-2-6-3-5-7/h3-14,19H,15-18,32H2,1-2H3,(H,36,41)(H,33,35,37);2-14H,27H2,1H3,(H,31,34)(H,35,36)(H,28,30,32);6H,2-5H2,1H3. The second-order valence-corrected chi connectivity index (χ2v) is 20.4. The van der Waals surface area contributed by atoms with E-state index >= 15 is 0 Å². The van der Waals surface area contributed by atoms with Crippen molar-refractivity contribution in [3.05, 3.63) is 192 Å². The number of imidazole rings is 2. The van der Waals surface area contributed by atoms with Crippen LogP contribution in [0.25, 0.3) is 34.1 Å². The van der Waals surface area contributed by atoms with E-state index in [2.05, 4.69) is 70.4 Å². The Morgan fingerprint density at radius 3 is 1.39 bits per heavy atom. The molecule has 2 saturated heterocycles. The fraction of sp³-hybridized carbons (Fsp3) is 0.194. The molecule has 0 saturated carbocycles. The van der Waals surface area contributed by atoms with Crippen molar-refractivity contribution in [3.63, 3.8) is 0 Å². The Bertz CT molecular complexity index is 4040. The number of carboxylic acids is 1. The number of anilines is 8. The first-order valence-electron chi connectivity index (χ1n) is 27.4. The summed E-state index contributed by atoms with van der Waals surface area (Å²) in [5.74, 6) is -0.757. The molecule has 10 N–H and O–H groups in total. The minimum absolute atomic E-state index is 0.0222. The number of piperazine rings is 2. The molecule has 0 radical (unpaired) electrons. The van der Waals surface area contributed by atoms with Gasteiger partial charge in [0, 0.05) is 105 Å². The lowest BCUT2D eigenvalue weighted by atomic mass is 10.2. The number of pyridine rings is 2. The van der Waals surface area contributed by atoms with Gasteiger partial charge in [0.2, 0.25) is 11.9 Å². The van der Waals surface area contributed by atoms with Crippen molar-refractivity contribution >= 4 is 81.0 Å². The maximum absolute atomic E-state index is 13.1. The number of carbonyl (C=O) groups excluding carboxylic acids is 3. The number of amides is 3. The van der Waals surface area contributed by atoms with Crippen LogP contribution in [0.1, 0.15) is 52.8 Å². The van der Waals surface area contributed by atoms with Crippen LogP contribution in [-0.4, -0.2) is 149 Å². The number of aromatic carboxylic acids is 1. The number of benzene rings is 4. The van der Waals surface area contributed by atoms with E-state index in [1.807, 2.05) is 59.7 Å². The Morgan fingerprint density at radius 2 is 0.953 bits per heavy atom. The van der Waals surface area contributed by atoms with Gasteiger partial charge in [-0.15, -0.1) is 0 Å². The zero-order chi connectivity index (χ0) is 59.6. The van der Waals surface area contributed by atoms with E-state index in [0.29, 0.717) is 98.5 Å². The van der Waals surface area contributed by atoms with E-state index in [-0.39, 0.29) is 23.3 Å². The number of para-hydroxylation sites is 4. The second-order valence-electron chi connectivity index (χ2n) is 20.4. The molecule has 10 aromatic rings. The number of nitrogens with zero attached hydrogens (tertiary/aromatic N) is 11. The van der Waals surface area contributed by atoms with Crippen molar-refractivity contribution in [3.8, 4) is 22.8 Å². The maximum Gasteiger partial charge on any atom is 0.335 e. The minimum Gasteiger partial charge on any atom is -0.478 e. The fourth-order valence-corrected chi connectivity index (χ4v) is 9.56. The highest BCUT2D eigenvalue weighted by atomic mass is 16.4. The van der Waals surface area contributed by atoms with Crippen molar-refractivity contribution < 1.29 is 24.3 Å². The Balaban J connectivity index is 0.000000171. The van der Waals surface area contributed by atoms with Crippen LogP contribution in [0.3, 0.4) is 0 Å². The Kier molecular flexibility index (Phi) is 17.7. The first-order chi connectivity index (χ1) is 41.1. The zero-order valence-electron chi connectivity index (χ0n) is 47.3. The van der Waals surface area contributed by atoms with Gasteiger partial charge < -0.3 is 57.9 Å². The number of aromatic nitrogens is 8. The van der Waals surface area contributed by atoms with Crippen molar-refractivity contribution in [1.82, 2.24) is 58.7 Å². The summed E-state index contributed by atoms with van der Waals surface area (Å²) < 4.78 is 3.73. The van der Waals surface area contributed by atoms with Gasteiger partial charge in [-0.25, -0.2) is 34.7 Å². The first kappa shape index (κ1) is 57.6. The molecule has 85 heavy (non-hydrogen) atoms. The summed E-state index contributed by atoms with van der Waals surface area (Å²) in [7, 11) is 4.22. The van der Waals surface area contributed by atoms with Crippen molar-refractivity contribution in [2.45, 2.75) is 13.8 Å². The second kappa shape index (κ2) is 26.1. The molecule has 0 spiro atoms. The van der Waals surface area contributed by atoms with E-state index in [1.165, 1.54) is 25.2 Å². The SMILES string of the molecule is CN1CCNCC1.Cc1nc2cc(C(=O)N3CCN(C)CC3)ccn2c1-c1ccnc(Nc2ccc(C(=O)Nc3ccccc3N)cc2)n1.Cc1nc2cc(C(=O)O)ccn2c1-c1ccnc(Nc2ccc(C(=O)Nc3ccccc3N)cc2)n1. The molecule has 3 amide bonds. The molecule has 432 valence electrons. The smallest absolute Gasteiger partial charge is 0.335 e. The number of rotatable bonds is 12. The molecular weight excluding hydrogens is 1080 g/mol. The Hall–Kier alpha value is -10.6. The number of nitrogens with one attached hydrogen (secondary N) is 5. The van der Waals surface area contributed by atoms with Crippen LogP contribution in [0.2, 0.25) is 0 Å². The molecule has 0 atom stereocenters. The number of hydrogen-bond acceptors (Lipinski definition) is 17. The summed E-state index contributed by atoms with van der Waals surface area (Å²) in [6.45, 7) is 11.7. The van der Waals surface area contributed by atoms with Crippen LogP contribution in [0.4, 0.5) is 46.0 Å². The summed E-state index contributed by atoms with van der Waals surface area (Å²) in [6.07, 6.45) is 6.84. The predicted octanol–water partition coefficient (Wildman–Crippen LogP) is 7.96. The molecule has 4 aromatic carbocycles. The maximum atomic E-state index is 13.1. The van der Waals surface area contributed by atoms with Crippen LogP contribution in [-0.2, 0) is 0 Å². The lowest BCUT2D eigenvalue weighted by molar-refractivity contribution is 0.0662. The number of nitrogens with two attached hydrogens (primary N) is 2. The molecule has 0 bridgehead atoms. The van der Waals surface area contributed by atoms with Crippen LogP contribution < -0.4 is 38.1 Å². The molecule has 12 rings (SSSR count). The topological polar surface area (TPSA) is 297 Å². The summed E-state index contributed by atoms with van der Waals surface area (Å²) in [4.78, 5) is 83.2. The number of carboxylic acid groups (broad SMARTS) is 1. The molecule has 0 unspecified atom stereocenters. The van der Waals surface area contributed by atoms with Crippen LogP contribution in [0, 0.1) is 13.8 Å². The summed E-state index contributed by atoms with van der Waals surface area (Å²) in [5.41, 5.74) is 22.7. The van der Waals surface area contributed by atoms with E-state index in [1.54, 1.807) is 114 Å². The molecule has 0 aliphatic carbocycles. The number of aryl methyl sites for hydroxylation is 2. The lowest BCUT2D eigenvalue weighted by Gasteiger charge is -2.32. The van der Waals surface area contributed by atoms with Gasteiger partial charge in [-0.2, -0.15) is 0 Å². The quantitative estimate of drug-likeness (QED) is 0.0538. The van der Waals surface area contributed by atoms with Gasteiger partial charge in [-0.1, -0.05) is 24.3 Å². The molecule has 23 heteroatoms. The van der Waals surface area contributed by atoms with Crippen LogP contribution in [0.5, 0.6) is 0 Å². The van der Waals surface area contributed by atoms with Crippen molar-refractivity contribution in [1.29, 1.82) is 0 Å². The highest BCUT2D eigenvalue weighted by molar-refractivity contribution is 6.06. The third-order valence-electron chi connectivity index (χ3n) is 14.2. The molecule has 23 nitrogen and oxygen atoms in total. The highest BCUT2D eigenvalue weighted by Crippen LogP contribution is 2.28. The van der Waals surface area contributed by atoms with E-state index in [0.717, 1.165) is 48.9 Å². The number of nitrogen functional groups attached to an aromatic ring is 2. The lowest BCUT2D eigenvalue weighted by Crippen LogP contribution is -2.47. The van der Waals surface area contributed by atoms with Gasteiger partial charge in [0.15, 0.2) is 0 Å². The average Bonchev–Trinajstić information content (AvgIpc) is 4.01. The fourth-order valence-electron chi connectivity index (χ4n) is 9.56. The third-order valence-corrected chi connectivity index (χ3v) is 14.2.